The highest BCUT2D eigenvalue weighted by Crippen LogP contribution is 2.30. The van der Waals surface area contributed by atoms with Crippen molar-refractivity contribution < 1.29 is 4.79 Å². The minimum Gasteiger partial charge on any atom is -0.383 e. The molecule has 1 amide bonds. The number of anilines is 2. The molecule has 24 heavy (non-hydrogen) atoms. The van der Waals surface area contributed by atoms with E-state index in [2.05, 4.69) is 34.9 Å². The topological polar surface area (TPSA) is 84.1 Å². The van der Waals surface area contributed by atoms with Crippen LogP contribution in [-0.2, 0) is 4.79 Å². The Kier molecular flexibility index (Phi) is 6.35. The van der Waals surface area contributed by atoms with E-state index in [1.54, 1.807) is 0 Å². The number of carbonyl (C=O) groups excluding carboxylic acids is 1. The molecule has 0 radical (unpaired) electrons. The molecular weight excluding hydrogens is 302 g/mol. The Labute approximate surface area is 143 Å². The van der Waals surface area contributed by atoms with E-state index in [-0.39, 0.29) is 11.9 Å². The number of hydrogen-bond acceptors (Lipinski definition) is 5. The van der Waals surface area contributed by atoms with Crippen molar-refractivity contribution in [1.29, 1.82) is 0 Å². The first kappa shape index (κ1) is 18.0. The molecule has 0 spiro atoms. The van der Waals surface area contributed by atoms with Crippen molar-refractivity contribution in [2.75, 3.05) is 24.1 Å². The predicted octanol–water partition coefficient (Wildman–Crippen LogP) is 2.85. The number of nitrogen functional groups attached to an aromatic ring is 1. The van der Waals surface area contributed by atoms with Gasteiger partial charge in [0.25, 0.3) is 0 Å². The van der Waals surface area contributed by atoms with Gasteiger partial charge in [0.2, 0.25) is 5.91 Å². The third-order valence-corrected chi connectivity index (χ3v) is 4.31. The number of nitrogens with one attached hydrogen (secondary N) is 1. The zero-order valence-corrected chi connectivity index (χ0v) is 14.6. The molecule has 0 aliphatic carbocycles. The van der Waals surface area contributed by atoms with Gasteiger partial charge in [-0.25, -0.2) is 9.97 Å². The molecule has 6 nitrogen and oxygen atoms in total. The van der Waals surface area contributed by atoms with Crippen molar-refractivity contribution >= 4 is 23.1 Å². The molecule has 1 unspecified atom stereocenters. The molecule has 1 aromatic rings. The summed E-state index contributed by atoms with van der Waals surface area (Å²) in [7, 11) is 0. The summed E-state index contributed by atoms with van der Waals surface area (Å²) in [6.45, 7) is 9.13. The number of likely N-dealkylation sites (tertiary alicyclic amines) is 1. The maximum atomic E-state index is 11.9. The highest BCUT2D eigenvalue weighted by Gasteiger charge is 2.24. The second-order valence-electron chi connectivity index (χ2n) is 6.02. The molecule has 3 N–H and O–H groups in total. The first-order chi connectivity index (χ1) is 11.6. The third kappa shape index (κ3) is 4.13. The van der Waals surface area contributed by atoms with Crippen molar-refractivity contribution in [3.8, 4) is 0 Å². The number of rotatable bonds is 6. The van der Waals surface area contributed by atoms with Gasteiger partial charge in [-0.2, -0.15) is 0 Å². The lowest BCUT2D eigenvalue weighted by Gasteiger charge is -2.33. The Bertz CT molecular complexity index is 626. The van der Waals surface area contributed by atoms with Gasteiger partial charge in [-0.05, 0) is 37.8 Å². The smallest absolute Gasteiger partial charge is 0.246 e. The van der Waals surface area contributed by atoms with Crippen LogP contribution in [0.25, 0.3) is 5.57 Å². The number of carbonyl (C=O) groups is 1. The molecule has 0 saturated carbocycles. The van der Waals surface area contributed by atoms with Crippen LogP contribution in [0.1, 0.15) is 45.1 Å². The van der Waals surface area contributed by atoms with Gasteiger partial charge < -0.3 is 16.0 Å². The van der Waals surface area contributed by atoms with Gasteiger partial charge >= 0.3 is 0 Å². The second-order valence-corrected chi connectivity index (χ2v) is 6.02. The highest BCUT2D eigenvalue weighted by molar-refractivity contribution is 5.87. The van der Waals surface area contributed by atoms with Crippen molar-refractivity contribution in [2.24, 2.45) is 0 Å². The highest BCUT2D eigenvalue weighted by atomic mass is 16.2. The standard InChI is InChI=1S/C18H27N5O/c1-4-8-13(5-2)16-17(19)20-12-21-18(16)22-14-9-7-10-23(11-14)15(24)6-3/h5-6,12,14H,3-4,7-11H2,1-2H3,(H3,19,20,21,22)/b13-5+. The van der Waals surface area contributed by atoms with E-state index in [4.69, 9.17) is 5.73 Å². The summed E-state index contributed by atoms with van der Waals surface area (Å²) in [5.41, 5.74) is 8.15. The van der Waals surface area contributed by atoms with Crippen molar-refractivity contribution in [2.45, 2.75) is 45.6 Å². The summed E-state index contributed by atoms with van der Waals surface area (Å²) >= 11 is 0. The SMILES string of the molecule is C=CC(=O)N1CCCC(Nc2ncnc(N)c2/C(=C/C)CCC)C1. The first-order valence-corrected chi connectivity index (χ1v) is 8.54. The molecule has 2 heterocycles. The number of nitrogens with two attached hydrogens (primary N) is 1. The van der Waals surface area contributed by atoms with E-state index in [9.17, 15) is 4.79 Å². The molecule has 2 rings (SSSR count). The maximum absolute atomic E-state index is 11.9. The van der Waals surface area contributed by atoms with E-state index in [0.29, 0.717) is 12.4 Å². The minimum atomic E-state index is -0.0240. The van der Waals surface area contributed by atoms with Crippen LogP contribution in [-0.4, -0.2) is 39.9 Å². The molecule has 6 heteroatoms. The predicted molar refractivity (Wildman–Crippen MR) is 98.4 cm³/mol. The Hall–Kier alpha value is -2.37. The van der Waals surface area contributed by atoms with E-state index in [1.807, 2.05) is 11.8 Å². The molecule has 130 valence electrons. The summed E-state index contributed by atoms with van der Waals surface area (Å²) < 4.78 is 0. The van der Waals surface area contributed by atoms with Crippen molar-refractivity contribution in [1.82, 2.24) is 14.9 Å². The Balaban J connectivity index is 2.22. The largest absolute Gasteiger partial charge is 0.383 e. The van der Waals surface area contributed by atoms with Crippen LogP contribution in [0.3, 0.4) is 0 Å². The van der Waals surface area contributed by atoms with E-state index in [0.717, 1.165) is 49.2 Å². The fraction of sp³-hybridized carbons (Fsp3) is 0.500. The lowest BCUT2D eigenvalue weighted by Crippen LogP contribution is -2.44. The molecule has 0 aromatic carbocycles. The summed E-state index contributed by atoms with van der Waals surface area (Å²) in [4.78, 5) is 22.2. The fourth-order valence-electron chi connectivity index (χ4n) is 3.13. The number of allylic oxidation sites excluding steroid dienone is 2. The zero-order chi connectivity index (χ0) is 17.5. The van der Waals surface area contributed by atoms with Crippen LogP contribution in [0, 0.1) is 0 Å². The lowest BCUT2D eigenvalue weighted by atomic mass is 10.0. The summed E-state index contributed by atoms with van der Waals surface area (Å²) in [6, 6.07) is 0.149. The lowest BCUT2D eigenvalue weighted by molar-refractivity contribution is -0.127. The van der Waals surface area contributed by atoms with Crippen LogP contribution >= 0.6 is 0 Å². The van der Waals surface area contributed by atoms with E-state index >= 15 is 0 Å². The molecule has 1 fully saturated rings. The van der Waals surface area contributed by atoms with Gasteiger partial charge in [-0.1, -0.05) is 26.0 Å². The molecule has 1 aromatic heterocycles. The molecular formula is C18H27N5O. The molecule has 1 saturated heterocycles. The number of nitrogens with zero attached hydrogens (tertiary/aromatic N) is 3. The monoisotopic (exact) mass is 329 g/mol. The molecule has 1 atom stereocenters. The van der Waals surface area contributed by atoms with Gasteiger partial charge in [0.05, 0.1) is 5.56 Å². The van der Waals surface area contributed by atoms with Crippen molar-refractivity contribution in [3.63, 3.8) is 0 Å². The zero-order valence-electron chi connectivity index (χ0n) is 14.6. The average Bonchev–Trinajstić information content (AvgIpc) is 2.60. The van der Waals surface area contributed by atoms with Gasteiger partial charge in [-0.15, -0.1) is 0 Å². The maximum Gasteiger partial charge on any atom is 0.246 e. The van der Waals surface area contributed by atoms with Crippen LogP contribution in [0.5, 0.6) is 0 Å². The Morgan fingerprint density at radius 1 is 1.54 bits per heavy atom. The summed E-state index contributed by atoms with van der Waals surface area (Å²) in [6.07, 6.45) is 8.82. The van der Waals surface area contributed by atoms with Gasteiger partial charge in [-0.3, -0.25) is 4.79 Å². The fourth-order valence-corrected chi connectivity index (χ4v) is 3.13. The van der Waals surface area contributed by atoms with Crippen LogP contribution in [0.2, 0.25) is 0 Å². The number of hydrogen-bond donors (Lipinski definition) is 2. The normalized spacial score (nSPS) is 18.3. The third-order valence-electron chi connectivity index (χ3n) is 4.31. The Morgan fingerprint density at radius 3 is 3.00 bits per heavy atom. The second kappa shape index (κ2) is 8.47. The molecule has 1 aliphatic rings. The van der Waals surface area contributed by atoms with E-state index < -0.39 is 0 Å². The van der Waals surface area contributed by atoms with Gasteiger partial charge in [0.15, 0.2) is 0 Å². The quantitative estimate of drug-likeness (QED) is 0.784. The van der Waals surface area contributed by atoms with Crippen LogP contribution < -0.4 is 11.1 Å². The van der Waals surface area contributed by atoms with Crippen LogP contribution in [0.15, 0.2) is 25.1 Å². The number of aromatic nitrogens is 2. The number of piperidine rings is 1. The molecule has 1 aliphatic heterocycles. The van der Waals surface area contributed by atoms with Crippen molar-refractivity contribution in [3.05, 3.63) is 30.6 Å². The van der Waals surface area contributed by atoms with Gasteiger partial charge in [0.1, 0.15) is 18.0 Å². The number of amides is 1. The minimum absolute atomic E-state index is 0.0240. The molecule has 0 bridgehead atoms. The first-order valence-electron chi connectivity index (χ1n) is 8.54. The summed E-state index contributed by atoms with van der Waals surface area (Å²) in [5, 5.41) is 3.47. The van der Waals surface area contributed by atoms with E-state index in [1.165, 1.54) is 12.4 Å². The average molecular weight is 329 g/mol. The Morgan fingerprint density at radius 2 is 2.33 bits per heavy atom. The van der Waals surface area contributed by atoms with Crippen LogP contribution in [0.4, 0.5) is 11.6 Å². The summed E-state index contributed by atoms with van der Waals surface area (Å²) in [5.74, 6) is 1.22. The van der Waals surface area contributed by atoms with Gasteiger partial charge in [0, 0.05) is 19.1 Å².